The summed E-state index contributed by atoms with van der Waals surface area (Å²) < 4.78 is 104. The zero-order chi connectivity index (χ0) is 21.2. The molecule has 0 unspecified atom stereocenters. The minimum absolute atomic E-state index is 0.0565. The van der Waals surface area contributed by atoms with Crippen LogP contribution in [0.15, 0.2) is 41.3 Å². The lowest BCUT2D eigenvalue weighted by molar-refractivity contribution is -0.144. The van der Waals surface area contributed by atoms with E-state index in [1.54, 1.807) is 18.2 Å². The highest BCUT2D eigenvalue weighted by Crippen LogP contribution is 2.38. The predicted molar refractivity (Wildman–Crippen MR) is 87.7 cm³/mol. The average Bonchev–Trinajstić information content (AvgIpc) is 2.49. The van der Waals surface area contributed by atoms with Crippen molar-refractivity contribution in [1.82, 2.24) is 0 Å². The normalized spacial score (nSPS) is 12.4. The fourth-order valence-electron chi connectivity index (χ4n) is 1.62. The van der Waals surface area contributed by atoms with Gasteiger partial charge in [0.1, 0.15) is 4.90 Å². The number of hydrogen-bond acceptors (Lipinski definition) is 2. The second-order valence-corrected chi connectivity index (χ2v) is 7.38. The lowest BCUT2D eigenvalue weighted by Crippen LogP contribution is -2.15. The molecule has 0 bridgehead atoms. The Hall–Kier alpha value is -1.20. The smallest absolute Gasteiger partial charge is 0.282 e. The molecule has 13 heteroatoms. The quantitative estimate of drug-likeness (QED) is 0.287. The summed E-state index contributed by atoms with van der Waals surface area (Å²) in [6, 6.07) is 4.77. The molecule has 1 N–H and O–H groups in total. The molecule has 0 aliphatic heterocycles. The largest absolute Gasteiger partial charge is 0.417 e. The predicted octanol–water partition coefficient (Wildman–Crippen LogP) is 6.62. The Bertz CT molecular complexity index is 927. The minimum atomic E-state index is -5.34. The molecule has 0 aromatic heterocycles. The van der Waals surface area contributed by atoms with E-state index in [-0.39, 0.29) is 18.2 Å². The van der Waals surface area contributed by atoms with E-state index in [9.17, 15) is 34.8 Å². The maximum Gasteiger partial charge on any atom is 0.417 e. The lowest BCUT2D eigenvalue weighted by atomic mass is 10.1. The molecule has 150 valence electrons. The average molecular weight is 476 g/mol. The van der Waals surface area contributed by atoms with E-state index >= 15 is 0 Å². The molecule has 0 atom stereocenters. The van der Waals surface area contributed by atoms with Gasteiger partial charge in [0.15, 0.2) is 0 Å². The minimum Gasteiger partial charge on any atom is -0.282 e. The van der Waals surface area contributed by atoms with Crippen molar-refractivity contribution in [3.05, 3.63) is 62.6 Å². The number of halogens is 9. The van der Waals surface area contributed by atoms with Crippen LogP contribution >= 0.6 is 34.8 Å². The summed E-state index contributed by atoms with van der Waals surface area (Å²) in [5, 5.41) is 1.62. The summed E-state index contributed by atoms with van der Waals surface area (Å²) in [6.45, 7) is 0. The second kappa shape index (κ2) is 8.44. The van der Waals surface area contributed by atoms with Crippen LogP contribution < -0.4 is 0 Å². The van der Waals surface area contributed by atoms with Crippen LogP contribution in [0.5, 0.6) is 0 Å². The van der Waals surface area contributed by atoms with Gasteiger partial charge in [-0.2, -0.15) is 34.8 Å². The summed E-state index contributed by atoms with van der Waals surface area (Å²) >= 11 is 16.8. The van der Waals surface area contributed by atoms with Gasteiger partial charge in [-0.3, -0.25) is 4.55 Å². The molecular formula is C14H7Cl3F6O3S. The van der Waals surface area contributed by atoms with Gasteiger partial charge in [-0.05, 0) is 36.4 Å². The van der Waals surface area contributed by atoms with Crippen LogP contribution in [-0.4, -0.2) is 13.0 Å². The van der Waals surface area contributed by atoms with Crippen molar-refractivity contribution in [2.45, 2.75) is 17.2 Å². The Morgan fingerprint density at radius 2 is 1.33 bits per heavy atom. The molecular weight excluding hydrogens is 469 g/mol. The lowest BCUT2D eigenvalue weighted by Gasteiger charge is -2.14. The van der Waals surface area contributed by atoms with Crippen LogP contribution in [-0.2, 0) is 22.5 Å². The van der Waals surface area contributed by atoms with E-state index in [1.807, 2.05) is 0 Å². The Labute approximate surface area is 164 Å². The van der Waals surface area contributed by atoms with Gasteiger partial charge >= 0.3 is 12.4 Å². The Morgan fingerprint density at radius 3 is 1.70 bits per heavy atom. The highest BCUT2D eigenvalue weighted by molar-refractivity contribution is 7.85. The Morgan fingerprint density at radius 1 is 0.778 bits per heavy atom. The van der Waals surface area contributed by atoms with Gasteiger partial charge in [0.2, 0.25) is 0 Å². The molecule has 0 aliphatic carbocycles. The molecule has 0 saturated carbocycles. The molecule has 27 heavy (non-hydrogen) atoms. The number of alkyl halides is 6. The Kier molecular flexibility index (Phi) is 7.45. The van der Waals surface area contributed by atoms with Crippen molar-refractivity contribution in [1.29, 1.82) is 0 Å². The molecule has 0 radical (unpaired) electrons. The maximum absolute atomic E-state index is 12.4. The second-order valence-electron chi connectivity index (χ2n) is 4.74. The number of benzene rings is 2. The number of rotatable bonds is 1. The van der Waals surface area contributed by atoms with Crippen molar-refractivity contribution < 1.29 is 39.3 Å². The fourth-order valence-corrected chi connectivity index (χ4v) is 2.84. The zero-order valence-electron chi connectivity index (χ0n) is 12.5. The van der Waals surface area contributed by atoms with Crippen LogP contribution in [0.3, 0.4) is 0 Å². The molecule has 2 rings (SSSR count). The SMILES string of the molecule is Clc1ccc(Cl)c(Cl)c1.O=S(=O)(O)c1ccc(C(F)(F)F)cc1C(F)(F)F. The van der Waals surface area contributed by atoms with E-state index in [0.29, 0.717) is 15.1 Å². The van der Waals surface area contributed by atoms with Crippen LogP contribution in [0.25, 0.3) is 0 Å². The van der Waals surface area contributed by atoms with Gasteiger partial charge in [0.05, 0.1) is 21.2 Å². The van der Waals surface area contributed by atoms with E-state index < -0.39 is 38.5 Å². The standard InChI is InChI=1S/C8H4F6O3S.C6H3Cl3/c9-7(10,11)4-1-2-6(18(15,16)17)5(3-4)8(12,13)14;7-4-1-2-5(8)6(9)3-4/h1-3H,(H,15,16,17);1-3H. The molecule has 0 aliphatic rings. The molecule has 0 spiro atoms. The van der Waals surface area contributed by atoms with Crippen molar-refractivity contribution >= 4 is 44.9 Å². The van der Waals surface area contributed by atoms with Gasteiger partial charge < -0.3 is 0 Å². The highest BCUT2D eigenvalue weighted by atomic mass is 35.5. The van der Waals surface area contributed by atoms with Crippen molar-refractivity contribution in [2.75, 3.05) is 0 Å². The first kappa shape index (κ1) is 23.8. The maximum atomic E-state index is 12.4. The molecule has 0 amide bonds. The Balaban J connectivity index is 0.000000337. The van der Waals surface area contributed by atoms with E-state index in [0.717, 1.165) is 0 Å². The van der Waals surface area contributed by atoms with Gasteiger partial charge in [-0.25, -0.2) is 0 Å². The van der Waals surface area contributed by atoms with Crippen LogP contribution in [0.1, 0.15) is 11.1 Å². The fraction of sp³-hybridized carbons (Fsp3) is 0.143. The molecule has 2 aromatic carbocycles. The third-order valence-electron chi connectivity index (χ3n) is 2.77. The zero-order valence-corrected chi connectivity index (χ0v) is 15.6. The van der Waals surface area contributed by atoms with Crippen LogP contribution in [0, 0.1) is 0 Å². The first-order valence-corrected chi connectivity index (χ1v) is 8.97. The third-order valence-corrected chi connectivity index (χ3v) is 4.66. The summed E-state index contributed by atoms with van der Waals surface area (Å²) in [5.41, 5.74) is -3.73. The van der Waals surface area contributed by atoms with Gasteiger partial charge in [0, 0.05) is 5.02 Å². The molecule has 3 nitrogen and oxygen atoms in total. The van der Waals surface area contributed by atoms with E-state index in [4.69, 9.17) is 39.4 Å². The van der Waals surface area contributed by atoms with E-state index in [1.165, 1.54) is 0 Å². The van der Waals surface area contributed by atoms with Crippen molar-refractivity contribution in [3.63, 3.8) is 0 Å². The van der Waals surface area contributed by atoms with Crippen LogP contribution in [0.4, 0.5) is 26.3 Å². The van der Waals surface area contributed by atoms with Gasteiger partial charge in [-0.15, -0.1) is 0 Å². The number of hydrogen-bond donors (Lipinski definition) is 1. The van der Waals surface area contributed by atoms with Gasteiger partial charge in [0.25, 0.3) is 10.1 Å². The first-order chi connectivity index (χ1) is 12.0. The monoisotopic (exact) mass is 474 g/mol. The molecule has 0 fully saturated rings. The first-order valence-electron chi connectivity index (χ1n) is 6.40. The summed E-state index contributed by atoms with van der Waals surface area (Å²) in [6.07, 6.45) is -10.4. The van der Waals surface area contributed by atoms with Gasteiger partial charge in [-0.1, -0.05) is 34.8 Å². The summed E-state index contributed by atoms with van der Waals surface area (Å²) in [5.74, 6) is 0. The van der Waals surface area contributed by atoms with E-state index in [2.05, 4.69) is 0 Å². The van der Waals surface area contributed by atoms with Crippen molar-refractivity contribution in [3.8, 4) is 0 Å². The van der Waals surface area contributed by atoms with Crippen molar-refractivity contribution in [2.24, 2.45) is 0 Å². The highest BCUT2D eigenvalue weighted by Gasteiger charge is 2.40. The third kappa shape index (κ3) is 7.04. The summed E-state index contributed by atoms with van der Waals surface area (Å²) in [7, 11) is -5.27. The molecule has 2 aromatic rings. The molecule has 0 saturated heterocycles. The molecule has 0 heterocycles. The van der Waals surface area contributed by atoms with Crippen LogP contribution in [0.2, 0.25) is 15.1 Å². The summed E-state index contributed by atoms with van der Waals surface area (Å²) in [4.78, 5) is -1.62. The topological polar surface area (TPSA) is 54.4 Å².